The van der Waals surface area contributed by atoms with Crippen molar-refractivity contribution in [3.8, 4) is 22.3 Å². The highest BCUT2D eigenvalue weighted by Gasteiger charge is 2.39. The fourth-order valence-electron chi connectivity index (χ4n) is 11.5. The summed E-state index contributed by atoms with van der Waals surface area (Å²) in [7, 11) is 0. The van der Waals surface area contributed by atoms with Gasteiger partial charge in [0.15, 0.2) is 0 Å². The Morgan fingerprint density at radius 1 is 0.397 bits per heavy atom. The molecule has 10 rings (SSSR count). The summed E-state index contributed by atoms with van der Waals surface area (Å²) in [5.41, 5.74) is 19.3. The van der Waals surface area contributed by atoms with Gasteiger partial charge in [0.05, 0.1) is 0 Å². The zero-order valence-corrected chi connectivity index (χ0v) is 35.2. The van der Waals surface area contributed by atoms with Crippen LogP contribution in [0.4, 0.5) is 22.7 Å². The van der Waals surface area contributed by atoms with E-state index >= 15 is 0 Å². The molecule has 0 aromatic heterocycles. The summed E-state index contributed by atoms with van der Waals surface area (Å²) in [6.45, 7) is 9.77. The predicted octanol–water partition coefficient (Wildman–Crippen LogP) is 15.0. The van der Waals surface area contributed by atoms with E-state index in [1.165, 1.54) is 143 Å². The summed E-state index contributed by atoms with van der Waals surface area (Å²) in [5, 5.41) is 0. The maximum absolute atomic E-state index is 2.92. The van der Waals surface area contributed by atoms with Gasteiger partial charge in [0.25, 0.3) is 0 Å². The number of anilines is 4. The first-order valence-electron chi connectivity index (χ1n) is 22.5. The Kier molecular flexibility index (Phi) is 9.59. The molecule has 2 fully saturated rings. The summed E-state index contributed by atoms with van der Waals surface area (Å²) in [4.78, 5) is 5.30. The Morgan fingerprint density at radius 2 is 0.776 bits per heavy atom. The fourth-order valence-corrected chi connectivity index (χ4v) is 11.5. The molecule has 6 aromatic carbocycles. The number of fused-ring (bicyclic) bond motifs is 6. The molecule has 0 N–H and O–H groups in total. The van der Waals surface area contributed by atoms with Crippen molar-refractivity contribution >= 4 is 22.7 Å². The van der Waals surface area contributed by atoms with Crippen LogP contribution in [0.5, 0.6) is 0 Å². The lowest BCUT2D eigenvalue weighted by atomic mass is 9.80. The summed E-state index contributed by atoms with van der Waals surface area (Å²) in [6, 6.07) is 52.3. The summed E-state index contributed by atoms with van der Waals surface area (Å²) in [6.07, 6.45) is 15.9. The van der Waals surface area contributed by atoms with Gasteiger partial charge in [-0.3, -0.25) is 0 Å². The van der Waals surface area contributed by atoms with Gasteiger partial charge >= 0.3 is 0 Å². The number of hydrogen-bond acceptors (Lipinski definition) is 2. The van der Waals surface area contributed by atoms with Crippen LogP contribution in [0, 0.1) is 0 Å². The van der Waals surface area contributed by atoms with Crippen molar-refractivity contribution in [1.82, 2.24) is 0 Å². The van der Waals surface area contributed by atoms with E-state index in [4.69, 9.17) is 0 Å². The van der Waals surface area contributed by atoms with Crippen LogP contribution < -0.4 is 9.80 Å². The molecule has 0 spiro atoms. The topological polar surface area (TPSA) is 6.48 Å². The van der Waals surface area contributed by atoms with Crippen molar-refractivity contribution < 1.29 is 0 Å². The molecular weight excluding hydrogens is 701 g/mol. The lowest BCUT2D eigenvalue weighted by Crippen LogP contribution is -2.45. The van der Waals surface area contributed by atoms with Gasteiger partial charge < -0.3 is 9.80 Å². The third-order valence-electron chi connectivity index (χ3n) is 14.7. The molecule has 6 aromatic rings. The molecule has 0 radical (unpaired) electrons. The van der Waals surface area contributed by atoms with Gasteiger partial charge in [0.2, 0.25) is 0 Å². The Bertz CT molecular complexity index is 2370. The minimum Gasteiger partial charge on any atom is -0.366 e. The molecule has 294 valence electrons. The number of hydrogen-bond donors (Lipinski definition) is 0. The number of para-hydroxylation sites is 2. The molecule has 2 heteroatoms. The van der Waals surface area contributed by atoms with Crippen molar-refractivity contribution in [2.75, 3.05) is 9.80 Å². The van der Waals surface area contributed by atoms with Gasteiger partial charge in [-0.05, 0) is 143 Å². The average Bonchev–Trinajstić information content (AvgIpc) is 3.63. The standard InChI is InChI=1S/C56H60N2/c1-55(2)51-35-39(27-31-47(51)49-33-29-45(37-53(49)55)57(41-17-9-5-10-18-41)42-19-11-6-12-20-42)25-26-40-28-32-48-50-34-30-46(38-54(50)56(3,4)52(48)36-40)58(43-21-13-7-14-22-43)44-23-15-8-16-24-44/h5-6,9-12,17-20,27-38,43-44H,7-8,13-16,21-26H2,1-4H3. The molecule has 2 nitrogen and oxygen atoms in total. The summed E-state index contributed by atoms with van der Waals surface area (Å²) < 4.78 is 0. The van der Waals surface area contributed by atoms with Crippen LogP contribution in [0.15, 0.2) is 133 Å². The van der Waals surface area contributed by atoms with Gasteiger partial charge in [-0.15, -0.1) is 0 Å². The van der Waals surface area contributed by atoms with E-state index in [-0.39, 0.29) is 10.8 Å². The first kappa shape index (κ1) is 37.2. The molecule has 0 heterocycles. The summed E-state index contributed by atoms with van der Waals surface area (Å²) in [5.74, 6) is 0. The molecule has 4 aliphatic rings. The van der Waals surface area contributed by atoms with E-state index in [0.717, 1.165) is 12.8 Å². The lowest BCUT2D eigenvalue weighted by molar-refractivity contribution is 0.340. The first-order chi connectivity index (χ1) is 28.3. The van der Waals surface area contributed by atoms with Crippen LogP contribution in [-0.2, 0) is 23.7 Å². The van der Waals surface area contributed by atoms with E-state index in [1.807, 2.05) is 0 Å². The lowest BCUT2D eigenvalue weighted by Gasteiger charge is -2.44. The van der Waals surface area contributed by atoms with Crippen LogP contribution in [0.3, 0.4) is 0 Å². The molecule has 0 unspecified atom stereocenters. The largest absolute Gasteiger partial charge is 0.366 e. The molecule has 4 aliphatic carbocycles. The van der Waals surface area contributed by atoms with Crippen LogP contribution in [0.1, 0.15) is 125 Å². The molecular formula is C56H60N2. The zero-order valence-electron chi connectivity index (χ0n) is 35.2. The monoisotopic (exact) mass is 760 g/mol. The second kappa shape index (κ2) is 14.9. The number of rotatable bonds is 9. The van der Waals surface area contributed by atoms with E-state index in [1.54, 1.807) is 0 Å². The van der Waals surface area contributed by atoms with Gasteiger partial charge in [-0.2, -0.15) is 0 Å². The molecule has 0 amide bonds. The second-order valence-electron chi connectivity index (χ2n) is 19.0. The zero-order chi connectivity index (χ0) is 39.4. The second-order valence-corrected chi connectivity index (χ2v) is 19.0. The quantitative estimate of drug-likeness (QED) is 0.145. The predicted molar refractivity (Wildman–Crippen MR) is 246 cm³/mol. The van der Waals surface area contributed by atoms with Gasteiger partial charge in [-0.1, -0.05) is 151 Å². The first-order valence-corrected chi connectivity index (χ1v) is 22.5. The smallest absolute Gasteiger partial charge is 0.0465 e. The van der Waals surface area contributed by atoms with Gasteiger partial charge in [0.1, 0.15) is 0 Å². The minimum absolute atomic E-state index is 0.0136. The van der Waals surface area contributed by atoms with Crippen molar-refractivity contribution in [2.45, 2.75) is 128 Å². The highest BCUT2D eigenvalue weighted by molar-refractivity contribution is 5.86. The molecule has 2 saturated carbocycles. The highest BCUT2D eigenvalue weighted by Crippen LogP contribution is 2.52. The van der Waals surface area contributed by atoms with Crippen LogP contribution >= 0.6 is 0 Å². The van der Waals surface area contributed by atoms with E-state index in [9.17, 15) is 0 Å². The average molecular weight is 761 g/mol. The normalized spacial score (nSPS) is 17.9. The highest BCUT2D eigenvalue weighted by atomic mass is 15.2. The number of benzene rings is 6. The SMILES string of the molecule is CC1(C)c2cc(CCc3ccc4c(c3)C(C)(C)c3cc(N(C5CCCCC5)C5CCCCC5)ccc3-4)ccc2-c2ccc(N(c3ccccc3)c3ccccc3)cc21. The third kappa shape index (κ3) is 6.48. The maximum atomic E-state index is 2.92. The van der Waals surface area contributed by atoms with Gasteiger partial charge in [-0.25, -0.2) is 0 Å². The fraction of sp³-hybridized carbons (Fsp3) is 0.357. The maximum Gasteiger partial charge on any atom is 0.0465 e. The van der Waals surface area contributed by atoms with Crippen LogP contribution in [-0.4, -0.2) is 12.1 Å². The molecule has 58 heavy (non-hydrogen) atoms. The number of nitrogens with zero attached hydrogens (tertiary/aromatic N) is 2. The molecule has 0 bridgehead atoms. The van der Waals surface area contributed by atoms with Crippen LogP contribution in [0.25, 0.3) is 22.3 Å². The van der Waals surface area contributed by atoms with E-state index in [0.29, 0.717) is 12.1 Å². The number of aryl methyl sites for hydroxylation is 2. The summed E-state index contributed by atoms with van der Waals surface area (Å²) >= 11 is 0. The minimum atomic E-state index is -0.0957. The van der Waals surface area contributed by atoms with Crippen molar-refractivity contribution in [2.24, 2.45) is 0 Å². The van der Waals surface area contributed by atoms with Crippen LogP contribution in [0.2, 0.25) is 0 Å². The molecule has 0 saturated heterocycles. The Morgan fingerprint density at radius 3 is 1.22 bits per heavy atom. The van der Waals surface area contributed by atoms with Crippen molar-refractivity contribution in [3.05, 3.63) is 167 Å². The van der Waals surface area contributed by atoms with Crippen molar-refractivity contribution in [1.29, 1.82) is 0 Å². The Labute approximate surface area is 348 Å². The Hall–Kier alpha value is -5.08. The Balaban J connectivity index is 0.893. The van der Waals surface area contributed by atoms with E-state index < -0.39 is 0 Å². The molecule has 0 aliphatic heterocycles. The van der Waals surface area contributed by atoms with Crippen molar-refractivity contribution in [3.63, 3.8) is 0 Å². The molecule has 0 atom stereocenters. The third-order valence-corrected chi connectivity index (χ3v) is 14.7. The van der Waals surface area contributed by atoms with E-state index in [2.05, 4.69) is 171 Å². The van der Waals surface area contributed by atoms with Gasteiger partial charge in [0, 0.05) is 45.7 Å².